The molecule has 0 saturated carbocycles. The number of hydrogen-bond acceptors (Lipinski definition) is 3. The van der Waals surface area contributed by atoms with E-state index in [1.807, 2.05) is 24.3 Å². The van der Waals surface area contributed by atoms with Gasteiger partial charge in [-0.25, -0.2) is 4.79 Å². The maximum Gasteiger partial charge on any atom is 0.416 e. The number of benzene rings is 4. The molecule has 5 rings (SSSR count). The minimum absolute atomic E-state index is 0.274. The zero-order chi connectivity index (χ0) is 26.9. The number of rotatable bonds is 5. The molecule has 0 atom stereocenters. The van der Waals surface area contributed by atoms with E-state index in [2.05, 4.69) is 4.90 Å². The molecule has 0 unspecified atom stereocenters. The third-order valence-corrected chi connectivity index (χ3v) is 6.91. The summed E-state index contributed by atoms with van der Waals surface area (Å²) in [5.41, 5.74) is 3.82. The highest BCUT2D eigenvalue weighted by molar-refractivity contribution is 6.34. The highest BCUT2D eigenvalue weighted by Crippen LogP contribution is 2.33. The SMILES string of the molecule is O=C(Oc1ccc2c(c1)CCN(Cc1cc(Cl)cc(Cl)c1)C2)c1ccccc1-c1ccc(C(F)(F)F)cc1. The molecule has 1 heterocycles. The third kappa shape index (κ3) is 6.04. The van der Waals surface area contributed by atoms with Crippen LogP contribution in [0.3, 0.4) is 0 Å². The Balaban J connectivity index is 1.29. The minimum Gasteiger partial charge on any atom is -0.423 e. The van der Waals surface area contributed by atoms with Crippen molar-refractivity contribution in [3.63, 3.8) is 0 Å². The number of ether oxygens (including phenoxy) is 1. The van der Waals surface area contributed by atoms with Crippen molar-refractivity contribution in [2.45, 2.75) is 25.7 Å². The lowest BCUT2D eigenvalue weighted by Crippen LogP contribution is -2.30. The summed E-state index contributed by atoms with van der Waals surface area (Å²) < 4.78 is 44.6. The predicted octanol–water partition coefficient (Wildman–Crippen LogP) is 8.46. The molecule has 4 aromatic carbocycles. The fraction of sp³-hybridized carbons (Fsp3) is 0.167. The van der Waals surface area contributed by atoms with Crippen molar-refractivity contribution in [2.75, 3.05) is 6.54 Å². The second-order valence-corrected chi connectivity index (χ2v) is 10.1. The van der Waals surface area contributed by atoms with Crippen LogP contribution in [0.4, 0.5) is 13.2 Å². The van der Waals surface area contributed by atoms with Crippen LogP contribution >= 0.6 is 23.2 Å². The van der Waals surface area contributed by atoms with E-state index in [4.69, 9.17) is 27.9 Å². The van der Waals surface area contributed by atoms with Crippen LogP contribution < -0.4 is 4.74 Å². The number of fused-ring (bicyclic) bond motifs is 1. The van der Waals surface area contributed by atoms with Gasteiger partial charge < -0.3 is 4.74 Å². The third-order valence-electron chi connectivity index (χ3n) is 6.48. The van der Waals surface area contributed by atoms with Crippen molar-refractivity contribution < 1.29 is 22.7 Å². The van der Waals surface area contributed by atoms with E-state index >= 15 is 0 Å². The van der Waals surface area contributed by atoms with Crippen molar-refractivity contribution in [1.82, 2.24) is 4.90 Å². The van der Waals surface area contributed by atoms with Crippen molar-refractivity contribution in [3.8, 4) is 16.9 Å². The second kappa shape index (κ2) is 10.8. The summed E-state index contributed by atoms with van der Waals surface area (Å²) in [5.74, 6) is -0.151. The maximum atomic E-state index is 13.1. The lowest BCUT2D eigenvalue weighted by molar-refractivity contribution is -0.137. The molecule has 0 spiro atoms. The van der Waals surface area contributed by atoms with E-state index in [9.17, 15) is 18.0 Å². The van der Waals surface area contributed by atoms with Crippen LogP contribution in [-0.4, -0.2) is 17.4 Å². The minimum atomic E-state index is -4.43. The number of alkyl halides is 3. The Kier molecular flexibility index (Phi) is 7.48. The number of hydrogen-bond donors (Lipinski definition) is 0. The zero-order valence-corrected chi connectivity index (χ0v) is 21.6. The Labute approximate surface area is 228 Å². The molecule has 1 aliphatic heterocycles. The van der Waals surface area contributed by atoms with E-state index in [0.717, 1.165) is 54.9 Å². The molecule has 0 radical (unpaired) electrons. The molecule has 0 saturated heterocycles. The average molecular weight is 556 g/mol. The summed E-state index contributed by atoms with van der Waals surface area (Å²) in [4.78, 5) is 15.4. The molecular formula is C30H22Cl2F3NO2. The Morgan fingerprint density at radius 1 is 0.868 bits per heavy atom. The number of halogens is 5. The van der Waals surface area contributed by atoms with Gasteiger partial charge in [0.15, 0.2) is 0 Å². The highest BCUT2D eigenvalue weighted by atomic mass is 35.5. The first kappa shape index (κ1) is 26.3. The molecule has 0 aromatic heterocycles. The second-order valence-electron chi connectivity index (χ2n) is 9.18. The highest BCUT2D eigenvalue weighted by Gasteiger charge is 2.30. The molecule has 0 bridgehead atoms. The van der Waals surface area contributed by atoms with Gasteiger partial charge in [-0.1, -0.05) is 59.6 Å². The first-order valence-corrected chi connectivity index (χ1v) is 12.7. The Morgan fingerprint density at radius 3 is 2.29 bits per heavy atom. The summed E-state index contributed by atoms with van der Waals surface area (Å²) in [6, 6.07) is 22.6. The summed E-state index contributed by atoms with van der Waals surface area (Å²) in [5, 5.41) is 1.22. The summed E-state index contributed by atoms with van der Waals surface area (Å²) in [7, 11) is 0. The summed E-state index contributed by atoms with van der Waals surface area (Å²) in [6.45, 7) is 2.28. The Hall–Kier alpha value is -3.32. The monoisotopic (exact) mass is 555 g/mol. The quantitative estimate of drug-likeness (QED) is 0.183. The number of nitrogens with zero attached hydrogens (tertiary/aromatic N) is 1. The van der Waals surface area contributed by atoms with Crippen LogP contribution in [0.2, 0.25) is 10.0 Å². The van der Waals surface area contributed by atoms with Gasteiger partial charge in [0.05, 0.1) is 11.1 Å². The molecule has 0 amide bonds. The van der Waals surface area contributed by atoms with Crippen LogP contribution in [0, 0.1) is 0 Å². The molecule has 8 heteroatoms. The topological polar surface area (TPSA) is 29.5 Å². The fourth-order valence-electron chi connectivity index (χ4n) is 4.66. The maximum absolute atomic E-state index is 13.1. The molecule has 38 heavy (non-hydrogen) atoms. The van der Waals surface area contributed by atoms with Crippen LogP contribution in [0.5, 0.6) is 5.75 Å². The van der Waals surface area contributed by atoms with Gasteiger partial charge in [0.1, 0.15) is 5.75 Å². The van der Waals surface area contributed by atoms with Crippen molar-refractivity contribution in [3.05, 3.63) is 123 Å². The van der Waals surface area contributed by atoms with Gasteiger partial charge in [-0.05, 0) is 82.8 Å². The molecular weight excluding hydrogens is 534 g/mol. The van der Waals surface area contributed by atoms with Crippen molar-refractivity contribution >= 4 is 29.2 Å². The lowest BCUT2D eigenvalue weighted by Gasteiger charge is -2.29. The van der Waals surface area contributed by atoms with E-state index in [1.54, 1.807) is 36.4 Å². The lowest BCUT2D eigenvalue weighted by atomic mass is 9.98. The fourth-order valence-corrected chi connectivity index (χ4v) is 5.23. The summed E-state index contributed by atoms with van der Waals surface area (Å²) >= 11 is 12.3. The molecule has 0 fully saturated rings. The molecule has 194 valence electrons. The van der Waals surface area contributed by atoms with Gasteiger partial charge in [-0.3, -0.25) is 4.90 Å². The first-order valence-electron chi connectivity index (χ1n) is 11.9. The van der Waals surface area contributed by atoms with Gasteiger partial charge >= 0.3 is 12.1 Å². The normalized spacial score (nSPS) is 13.7. The molecule has 1 aliphatic rings. The number of esters is 1. The summed E-state index contributed by atoms with van der Waals surface area (Å²) in [6.07, 6.45) is -3.64. The van der Waals surface area contributed by atoms with Crippen molar-refractivity contribution in [2.24, 2.45) is 0 Å². The zero-order valence-electron chi connectivity index (χ0n) is 20.1. The van der Waals surface area contributed by atoms with Crippen LogP contribution in [0.15, 0.2) is 84.9 Å². The van der Waals surface area contributed by atoms with E-state index < -0.39 is 17.7 Å². The van der Waals surface area contributed by atoms with E-state index in [1.165, 1.54) is 12.1 Å². The van der Waals surface area contributed by atoms with Gasteiger partial charge in [0.2, 0.25) is 0 Å². The number of carbonyl (C=O) groups is 1. The molecule has 4 aromatic rings. The molecule has 0 N–H and O–H groups in total. The van der Waals surface area contributed by atoms with Crippen molar-refractivity contribution in [1.29, 1.82) is 0 Å². The number of carbonyl (C=O) groups excluding carboxylic acids is 1. The predicted molar refractivity (Wildman–Crippen MR) is 143 cm³/mol. The molecule has 3 nitrogen and oxygen atoms in total. The molecule has 0 aliphatic carbocycles. The standard InChI is InChI=1S/C30H22Cl2F3NO2/c31-24-13-19(14-25(32)16-24)17-36-12-11-21-15-26(10-7-22(21)18-36)38-29(37)28-4-2-1-3-27(28)20-5-8-23(9-6-20)30(33,34)35/h1-10,13-16H,11-12,17-18H2. The van der Waals surface area contributed by atoms with E-state index in [0.29, 0.717) is 26.9 Å². The Morgan fingerprint density at radius 2 is 1.58 bits per heavy atom. The van der Waals surface area contributed by atoms with E-state index in [-0.39, 0.29) is 5.56 Å². The van der Waals surface area contributed by atoms with Gasteiger partial charge in [0.25, 0.3) is 0 Å². The van der Waals surface area contributed by atoms with Crippen LogP contribution in [0.25, 0.3) is 11.1 Å². The van der Waals surface area contributed by atoms with Crippen LogP contribution in [-0.2, 0) is 25.7 Å². The van der Waals surface area contributed by atoms with Gasteiger partial charge in [-0.15, -0.1) is 0 Å². The van der Waals surface area contributed by atoms with Gasteiger partial charge in [-0.2, -0.15) is 13.2 Å². The average Bonchev–Trinajstić information content (AvgIpc) is 2.88. The van der Waals surface area contributed by atoms with Crippen LogP contribution in [0.1, 0.15) is 32.6 Å². The smallest absolute Gasteiger partial charge is 0.416 e. The Bertz CT molecular complexity index is 1470. The first-order chi connectivity index (χ1) is 18.2. The van der Waals surface area contributed by atoms with Gasteiger partial charge in [0, 0.05) is 29.7 Å². The largest absolute Gasteiger partial charge is 0.423 e.